The smallest absolute Gasteiger partial charge is 0.186 e. The molecule has 0 aliphatic rings. The molecule has 0 aliphatic carbocycles. The molecule has 0 radical (unpaired) electrons. The molecule has 1 aromatic rings. The van der Waals surface area contributed by atoms with Gasteiger partial charge >= 0.3 is 0 Å². The summed E-state index contributed by atoms with van der Waals surface area (Å²) in [4.78, 5) is 7.77. The van der Waals surface area contributed by atoms with Crippen molar-refractivity contribution in [3.05, 3.63) is 10.6 Å². The molecule has 86 valence electrons. The summed E-state index contributed by atoms with van der Waals surface area (Å²) >= 11 is 1.60. The quantitative estimate of drug-likeness (QED) is 0.841. The highest BCUT2D eigenvalue weighted by molar-refractivity contribution is 7.15. The van der Waals surface area contributed by atoms with E-state index < -0.39 is 0 Å². The molecule has 0 fully saturated rings. The first-order chi connectivity index (χ1) is 7.10. The number of aromatic nitrogens is 1. The third-order valence-electron chi connectivity index (χ3n) is 2.36. The predicted octanol–water partition coefficient (Wildman–Crippen LogP) is 2.57. The molecule has 0 bridgehead atoms. The summed E-state index contributed by atoms with van der Waals surface area (Å²) in [6.45, 7) is 9.59. The van der Waals surface area contributed by atoms with Crippen molar-refractivity contribution in [2.75, 3.05) is 11.4 Å². The van der Waals surface area contributed by atoms with Crippen LogP contribution in [0.4, 0.5) is 5.13 Å². The van der Waals surface area contributed by atoms with Crippen molar-refractivity contribution in [3.8, 4) is 0 Å². The Morgan fingerprint density at radius 1 is 1.47 bits per heavy atom. The molecule has 0 saturated heterocycles. The summed E-state index contributed by atoms with van der Waals surface area (Å²) in [6.07, 6.45) is 1.12. The number of aryl methyl sites for hydroxylation is 1. The Morgan fingerprint density at radius 2 is 2.13 bits per heavy atom. The SMILES string of the molecule is CCCN(c1nc(C)c(CO)s1)C(C)C. The van der Waals surface area contributed by atoms with Gasteiger partial charge in [-0.05, 0) is 27.2 Å². The number of aliphatic hydroxyl groups is 1. The van der Waals surface area contributed by atoms with Crippen LogP contribution in [0.2, 0.25) is 0 Å². The molecular weight excluding hydrogens is 208 g/mol. The van der Waals surface area contributed by atoms with Crippen LogP contribution in [0, 0.1) is 6.92 Å². The van der Waals surface area contributed by atoms with E-state index >= 15 is 0 Å². The maximum Gasteiger partial charge on any atom is 0.186 e. The zero-order valence-corrected chi connectivity index (χ0v) is 10.8. The predicted molar refractivity (Wildman–Crippen MR) is 65.5 cm³/mol. The van der Waals surface area contributed by atoms with Gasteiger partial charge in [0.15, 0.2) is 5.13 Å². The Morgan fingerprint density at radius 3 is 2.53 bits per heavy atom. The molecule has 0 atom stereocenters. The van der Waals surface area contributed by atoms with Crippen molar-refractivity contribution in [2.24, 2.45) is 0 Å². The van der Waals surface area contributed by atoms with Crippen LogP contribution in [0.1, 0.15) is 37.8 Å². The van der Waals surface area contributed by atoms with Crippen LogP contribution in [-0.4, -0.2) is 22.7 Å². The van der Waals surface area contributed by atoms with E-state index in [1.807, 2.05) is 6.92 Å². The second-order valence-corrected chi connectivity index (χ2v) is 5.01. The van der Waals surface area contributed by atoms with Crippen LogP contribution in [0.25, 0.3) is 0 Å². The maximum atomic E-state index is 9.13. The van der Waals surface area contributed by atoms with E-state index in [4.69, 9.17) is 5.11 Å². The average Bonchev–Trinajstić information content (AvgIpc) is 2.55. The van der Waals surface area contributed by atoms with Gasteiger partial charge in [-0.1, -0.05) is 18.3 Å². The van der Waals surface area contributed by atoms with Gasteiger partial charge in [0.1, 0.15) is 0 Å². The second kappa shape index (κ2) is 5.47. The van der Waals surface area contributed by atoms with E-state index in [-0.39, 0.29) is 6.61 Å². The Kier molecular flexibility index (Phi) is 4.54. The standard InChI is InChI=1S/C11H20N2OS/c1-5-6-13(8(2)3)11-12-9(4)10(7-14)15-11/h8,14H,5-7H2,1-4H3. The number of rotatable bonds is 5. The fourth-order valence-electron chi connectivity index (χ4n) is 1.50. The van der Waals surface area contributed by atoms with Gasteiger partial charge in [-0.2, -0.15) is 0 Å². The number of nitrogens with zero attached hydrogens (tertiary/aromatic N) is 2. The summed E-state index contributed by atoms with van der Waals surface area (Å²) in [5.74, 6) is 0. The van der Waals surface area contributed by atoms with E-state index in [0.29, 0.717) is 6.04 Å². The Hall–Kier alpha value is -0.610. The van der Waals surface area contributed by atoms with Crippen molar-refractivity contribution in [1.82, 2.24) is 4.98 Å². The zero-order chi connectivity index (χ0) is 11.4. The van der Waals surface area contributed by atoms with Crippen molar-refractivity contribution in [1.29, 1.82) is 0 Å². The normalized spacial score (nSPS) is 11.1. The lowest BCUT2D eigenvalue weighted by Crippen LogP contribution is -2.31. The van der Waals surface area contributed by atoms with Crippen LogP contribution in [-0.2, 0) is 6.61 Å². The third kappa shape index (κ3) is 2.92. The summed E-state index contributed by atoms with van der Waals surface area (Å²) in [5, 5.41) is 10.2. The second-order valence-electron chi connectivity index (χ2n) is 3.95. The first-order valence-corrected chi connectivity index (χ1v) is 6.25. The molecule has 0 unspecified atom stereocenters. The zero-order valence-electron chi connectivity index (χ0n) is 9.95. The monoisotopic (exact) mass is 228 g/mol. The maximum absolute atomic E-state index is 9.13. The van der Waals surface area contributed by atoms with Crippen LogP contribution in [0.15, 0.2) is 0 Å². The van der Waals surface area contributed by atoms with Crippen LogP contribution in [0.5, 0.6) is 0 Å². The molecule has 15 heavy (non-hydrogen) atoms. The van der Waals surface area contributed by atoms with E-state index in [1.54, 1.807) is 11.3 Å². The van der Waals surface area contributed by atoms with Crippen molar-refractivity contribution in [3.63, 3.8) is 0 Å². The van der Waals surface area contributed by atoms with Crippen LogP contribution in [0.3, 0.4) is 0 Å². The highest BCUT2D eigenvalue weighted by Crippen LogP contribution is 2.27. The van der Waals surface area contributed by atoms with Crippen LogP contribution >= 0.6 is 11.3 Å². The highest BCUT2D eigenvalue weighted by atomic mass is 32.1. The fraction of sp³-hybridized carbons (Fsp3) is 0.727. The van der Waals surface area contributed by atoms with Gasteiger partial charge in [0.05, 0.1) is 17.2 Å². The number of aliphatic hydroxyl groups excluding tert-OH is 1. The molecule has 0 spiro atoms. The minimum absolute atomic E-state index is 0.0988. The molecule has 3 nitrogen and oxygen atoms in total. The number of thiazole rings is 1. The first kappa shape index (κ1) is 12.5. The van der Waals surface area contributed by atoms with Gasteiger partial charge in [0.2, 0.25) is 0 Å². The molecule has 1 rings (SSSR count). The highest BCUT2D eigenvalue weighted by Gasteiger charge is 2.15. The van der Waals surface area contributed by atoms with Crippen molar-refractivity contribution >= 4 is 16.5 Å². The van der Waals surface area contributed by atoms with Gasteiger partial charge in [-0.15, -0.1) is 0 Å². The van der Waals surface area contributed by atoms with E-state index in [1.165, 1.54) is 0 Å². The van der Waals surface area contributed by atoms with Crippen molar-refractivity contribution in [2.45, 2.75) is 46.8 Å². The third-order valence-corrected chi connectivity index (χ3v) is 3.54. The van der Waals surface area contributed by atoms with E-state index in [9.17, 15) is 0 Å². The lowest BCUT2D eigenvalue weighted by Gasteiger charge is -2.25. The minimum atomic E-state index is 0.0988. The summed E-state index contributed by atoms with van der Waals surface area (Å²) in [6, 6.07) is 0.460. The largest absolute Gasteiger partial charge is 0.391 e. The Labute approximate surface area is 95.8 Å². The topological polar surface area (TPSA) is 36.4 Å². The summed E-state index contributed by atoms with van der Waals surface area (Å²) < 4.78 is 0. The molecule has 0 aromatic carbocycles. The number of hydrogen-bond acceptors (Lipinski definition) is 4. The number of hydrogen-bond donors (Lipinski definition) is 1. The van der Waals surface area contributed by atoms with Gasteiger partial charge in [-0.3, -0.25) is 0 Å². The minimum Gasteiger partial charge on any atom is -0.391 e. The molecule has 1 N–H and O–H groups in total. The van der Waals surface area contributed by atoms with Crippen molar-refractivity contribution < 1.29 is 5.11 Å². The summed E-state index contributed by atoms with van der Waals surface area (Å²) in [7, 11) is 0. The van der Waals surface area contributed by atoms with Gasteiger partial charge in [-0.25, -0.2) is 4.98 Å². The fourth-order valence-corrected chi connectivity index (χ4v) is 2.58. The molecular formula is C11H20N2OS. The van der Waals surface area contributed by atoms with Gasteiger partial charge in [0, 0.05) is 12.6 Å². The Bertz CT molecular complexity index is 310. The molecule has 1 aromatic heterocycles. The lowest BCUT2D eigenvalue weighted by atomic mass is 10.3. The van der Waals surface area contributed by atoms with E-state index in [2.05, 4.69) is 30.7 Å². The molecule has 4 heteroatoms. The molecule has 0 saturated carbocycles. The van der Waals surface area contributed by atoms with E-state index in [0.717, 1.165) is 28.7 Å². The summed E-state index contributed by atoms with van der Waals surface area (Å²) in [5.41, 5.74) is 0.958. The molecule has 1 heterocycles. The van der Waals surface area contributed by atoms with Gasteiger partial charge < -0.3 is 10.0 Å². The number of anilines is 1. The molecule has 0 amide bonds. The Balaban J connectivity index is 2.90. The average molecular weight is 228 g/mol. The molecule has 0 aliphatic heterocycles. The first-order valence-electron chi connectivity index (χ1n) is 5.44. The lowest BCUT2D eigenvalue weighted by molar-refractivity contribution is 0.284. The van der Waals surface area contributed by atoms with Crippen LogP contribution < -0.4 is 4.90 Å². The van der Waals surface area contributed by atoms with Gasteiger partial charge in [0.25, 0.3) is 0 Å².